The van der Waals surface area contributed by atoms with Crippen molar-refractivity contribution in [1.29, 1.82) is 0 Å². The summed E-state index contributed by atoms with van der Waals surface area (Å²) in [7, 11) is 0. The molecule has 0 spiro atoms. The number of hydrogen-bond donors (Lipinski definition) is 1. The van der Waals surface area contributed by atoms with Crippen LogP contribution in [0, 0.1) is 6.92 Å². The van der Waals surface area contributed by atoms with Crippen LogP contribution in [-0.2, 0) is 0 Å². The molecule has 2 nitrogen and oxygen atoms in total. The van der Waals surface area contributed by atoms with Crippen LogP contribution in [-0.4, -0.2) is 11.0 Å². The molecule has 3 rings (SSSR count). The molecule has 1 aliphatic carbocycles. The zero-order chi connectivity index (χ0) is 12.7. The van der Waals surface area contributed by atoms with Gasteiger partial charge < -0.3 is 5.73 Å². The highest BCUT2D eigenvalue weighted by Crippen LogP contribution is 2.39. The van der Waals surface area contributed by atoms with E-state index in [9.17, 15) is 0 Å². The summed E-state index contributed by atoms with van der Waals surface area (Å²) in [4.78, 5) is 4.57. The Labute approximate surface area is 112 Å². The van der Waals surface area contributed by atoms with E-state index in [2.05, 4.69) is 18.0 Å². The molecule has 1 heterocycles. The highest BCUT2D eigenvalue weighted by atomic mass is 35.5. The second-order valence-corrected chi connectivity index (χ2v) is 5.39. The lowest BCUT2D eigenvalue weighted by atomic mass is 10.0. The minimum Gasteiger partial charge on any atom is -0.327 e. The average Bonchev–Trinajstić information content (AvgIpc) is 3.06. The van der Waals surface area contributed by atoms with Gasteiger partial charge in [-0.05, 0) is 36.6 Å². The Kier molecular flexibility index (Phi) is 2.84. The molecule has 1 aromatic carbocycles. The van der Waals surface area contributed by atoms with E-state index in [1.807, 2.05) is 30.5 Å². The molecule has 18 heavy (non-hydrogen) atoms. The van der Waals surface area contributed by atoms with E-state index in [0.717, 1.165) is 22.7 Å². The van der Waals surface area contributed by atoms with Gasteiger partial charge in [-0.25, -0.2) is 0 Å². The quantitative estimate of drug-likeness (QED) is 0.895. The monoisotopic (exact) mass is 258 g/mol. The van der Waals surface area contributed by atoms with Crippen LogP contribution >= 0.6 is 11.6 Å². The molecule has 0 radical (unpaired) electrons. The molecule has 0 aliphatic heterocycles. The average molecular weight is 259 g/mol. The molecule has 1 fully saturated rings. The van der Waals surface area contributed by atoms with Crippen LogP contribution in [0.25, 0.3) is 11.3 Å². The van der Waals surface area contributed by atoms with Gasteiger partial charge >= 0.3 is 0 Å². The molecule has 1 saturated carbocycles. The fraction of sp³-hybridized carbons (Fsp3) is 0.267. The first-order valence-corrected chi connectivity index (χ1v) is 6.51. The number of aryl methyl sites for hydroxylation is 1. The molecule has 92 valence electrons. The minimum absolute atomic E-state index is 0.322. The van der Waals surface area contributed by atoms with Gasteiger partial charge in [-0.2, -0.15) is 0 Å². The molecular weight excluding hydrogens is 244 g/mol. The topological polar surface area (TPSA) is 38.9 Å². The van der Waals surface area contributed by atoms with Crippen LogP contribution in [0.2, 0.25) is 5.02 Å². The van der Waals surface area contributed by atoms with Gasteiger partial charge in [-0.15, -0.1) is 0 Å². The number of pyridine rings is 1. The van der Waals surface area contributed by atoms with Gasteiger partial charge in [0.05, 0.1) is 5.69 Å². The Bertz CT molecular complexity index is 595. The Morgan fingerprint density at radius 3 is 2.72 bits per heavy atom. The van der Waals surface area contributed by atoms with Crippen molar-refractivity contribution in [3.63, 3.8) is 0 Å². The molecule has 0 bridgehead atoms. The number of nitrogens with two attached hydrogens (primary N) is 1. The molecule has 2 N–H and O–H groups in total. The van der Waals surface area contributed by atoms with Crippen LogP contribution in [0.15, 0.2) is 36.5 Å². The third-order valence-electron chi connectivity index (χ3n) is 3.47. The molecule has 2 atom stereocenters. The van der Waals surface area contributed by atoms with Crippen molar-refractivity contribution in [3.05, 3.63) is 52.7 Å². The van der Waals surface area contributed by atoms with Crippen LogP contribution in [0.5, 0.6) is 0 Å². The van der Waals surface area contributed by atoms with Gasteiger partial charge in [0, 0.05) is 28.7 Å². The SMILES string of the molecule is Cc1cc([C@H]2C[C@@H]2N)cnc1-c1cccc(Cl)c1. The van der Waals surface area contributed by atoms with Gasteiger partial charge in [-0.1, -0.05) is 29.8 Å². The maximum Gasteiger partial charge on any atom is 0.0731 e. The largest absolute Gasteiger partial charge is 0.327 e. The lowest BCUT2D eigenvalue weighted by Crippen LogP contribution is -2.01. The maximum absolute atomic E-state index is 6.01. The third-order valence-corrected chi connectivity index (χ3v) is 3.70. The minimum atomic E-state index is 0.322. The second-order valence-electron chi connectivity index (χ2n) is 4.95. The summed E-state index contributed by atoms with van der Waals surface area (Å²) in [6, 6.07) is 10.3. The smallest absolute Gasteiger partial charge is 0.0731 e. The number of aromatic nitrogens is 1. The second kappa shape index (κ2) is 4.38. The highest BCUT2D eigenvalue weighted by molar-refractivity contribution is 6.30. The van der Waals surface area contributed by atoms with Crippen LogP contribution < -0.4 is 5.73 Å². The Balaban J connectivity index is 1.98. The van der Waals surface area contributed by atoms with E-state index >= 15 is 0 Å². The molecule has 3 heteroatoms. The summed E-state index contributed by atoms with van der Waals surface area (Å²) < 4.78 is 0. The fourth-order valence-corrected chi connectivity index (χ4v) is 2.53. The van der Waals surface area contributed by atoms with Gasteiger partial charge in [-0.3, -0.25) is 4.98 Å². The number of halogens is 1. The van der Waals surface area contributed by atoms with Crippen molar-refractivity contribution >= 4 is 11.6 Å². The van der Waals surface area contributed by atoms with Gasteiger partial charge in [0.2, 0.25) is 0 Å². The van der Waals surface area contributed by atoms with E-state index in [-0.39, 0.29) is 0 Å². The summed E-state index contributed by atoms with van der Waals surface area (Å²) in [5, 5.41) is 0.738. The van der Waals surface area contributed by atoms with Crippen LogP contribution in [0.1, 0.15) is 23.5 Å². The number of nitrogens with zero attached hydrogens (tertiary/aromatic N) is 1. The first-order chi connectivity index (χ1) is 8.65. The van der Waals surface area contributed by atoms with Gasteiger partial charge in [0.15, 0.2) is 0 Å². The number of rotatable bonds is 2. The van der Waals surface area contributed by atoms with E-state index < -0.39 is 0 Å². The predicted octanol–water partition coefficient (Wildman–Crippen LogP) is 3.53. The zero-order valence-corrected chi connectivity index (χ0v) is 11.0. The summed E-state index contributed by atoms with van der Waals surface area (Å²) in [6.45, 7) is 2.08. The summed E-state index contributed by atoms with van der Waals surface area (Å²) in [6.07, 6.45) is 3.03. The summed E-state index contributed by atoms with van der Waals surface area (Å²) in [5.74, 6) is 0.504. The fourth-order valence-electron chi connectivity index (χ4n) is 2.34. The first-order valence-electron chi connectivity index (χ1n) is 6.13. The van der Waals surface area contributed by atoms with Crippen molar-refractivity contribution in [1.82, 2.24) is 4.98 Å². The van der Waals surface area contributed by atoms with Crippen molar-refractivity contribution in [3.8, 4) is 11.3 Å². The van der Waals surface area contributed by atoms with Crippen molar-refractivity contribution < 1.29 is 0 Å². The maximum atomic E-state index is 6.01. The first kappa shape index (κ1) is 11.7. The Morgan fingerprint density at radius 2 is 2.11 bits per heavy atom. The van der Waals surface area contributed by atoms with E-state index in [0.29, 0.717) is 12.0 Å². The molecule has 0 unspecified atom stereocenters. The van der Waals surface area contributed by atoms with Crippen LogP contribution in [0.3, 0.4) is 0 Å². The van der Waals surface area contributed by atoms with Crippen molar-refractivity contribution in [2.24, 2.45) is 5.73 Å². The molecule has 1 aliphatic rings. The van der Waals surface area contributed by atoms with E-state index in [1.165, 1.54) is 11.1 Å². The van der Waals surface area contributed by atoms with Crippen LogP contribution in [0.4, 0.5) is 0 Å². The molecule has 2 aromatic rings. The summed E-state index contributed by atoms with van der Waals surface area (Å²) in [5.41, 5.74) is 10.4. The van der Waals surface area contributed by atoms with Gasteiger partial charge in [0.1, 0.15) is 0 Å². The normalized spacial score (nSPS) is 21.9. The third kappa shape index (κ3) is 2.14. The lowest BCUT2D eigenvalue weighted by molar-refractivity contribution is 0.978. The standard InChI is InChI=1S/C15H15ClN2/c1-9-5-11(13-7-14(13)17)8-18-15(9)10-3-2-4-12(16)6-10/h2-6,8,13-14H,7,17H2,1H3/t13-,14+/m1/s1. The van der Waals surface area contributed by atoms with Crippen molar-refractivity contribution in [2.75, 3.05) is 0 Å². The molecule has 0 saturated heterocycles. The highest BCUT2D eigenvalue weighted by Gasteiger charge is 2.35. The summed E-state index contributed by atoms with van der Waals surface area (Å²) >= 11 is 6.01. The number of benzene rings is 1. The molecule has 0 amide bonds. The lowest BCUT2D eigenvalue weighted by Gasteiger charge is -2.08. The van der Waals surface area contributed by atoms with E-state index in [1.54, 1.807) is 0 Å². The molecule has 1 aromatic heterocycles. The van der Waals surface area contributed by atoms with E-state index in [4.69, 9.17) is 17.3 Å². The predicted molar refractivity (Wildman–Crippen MR) is 74.8 cm³/mol. The number of hydrogen-bond acceptors (Lipinski definition) is 2. The van der Waals surface area contributed by atoms with Crippen molar-refractivity contribution in [2.45, 2.75) is 25.3 Å². The zero-order valence-electron chi connectivity index (χ0n) is 10.2. The Hall–Kier alpha value is -1.38. The van der Waals surface area contributed by atoms with Gasteiger partial charge in [0.25, 0.3) is 0 Å². The molecular formula is C15H15ClN2. The Morgan fingerprint density at radius 1 is 1.33 bits per heavy atom.